The fourth-order valence-electron chi connectivity index (χ4n) is 3.80. The van der Waals surface area contributed by atoms with Crippen LogP contribution in [0.25, 0.3) is 10.9 Å². The Morgan fingerprint density at radius 2 is 1.94 bits per heavy atom. The normalized spacial score (nSPS) is 14.6. The zero-order chi connectivity index (χ0) is 21.2. The molecule has 5 rings (SSSR count). The number of hydrogen-bond acceptors (Lipinski definition) is 7. The molecule has 1 aliphatic heterocycles. The second-order valence-electron chi connectivity index (χ2n) is 7.55. The van der Waals surface area contributed by atoms with Crippen LogP contribution in [0.1, 0.15) is 24.5 Å². The number of benzene rings is 2. The van der Waals surface area contributed by atoms with Gasteiger partial charge in [-0.15, -0.1) is 0 Å². The topological polar surface area (TPSA) is 114 Å². The highest BCUT2D eigenvalue weighted by molar-refractivity contribution is 5.79. The first-order valence-corrected chi connectivity index (χ1v) is 10.2. The second kappa shape index (κ2) is 8.19. The van der Waals surface area contributed by atoms with Crippen molar-refractivity contribution in [2.45, 2.75) is 18.8 Å². The summed E-state index contributed by atoms with van der Waals surface area (Å²) in [6.07, 6.45) is 3.69. The number of aromatic nitrogens is 4. The van der Waals surface area contributed by atoms with Gasteiger partial charge in [0.05, 0.1) is 17.4 Å². The van der Waals surface area contributed by atoms with E-state index in [9.17, 15) is 4.39 Å². The lowest BCUT2D eigenvalue weighted by Crippen LogP contribution is -2.27. The van der Waals surface area contributed by atoms with Gasteiger partial charge in [-0.1, -0.05) is 0 Å². The molecule has 8 nitrogen and oxygen atoms in total. The van der Waals surface area contributed by atoms with E-state index in [2.05, 4.69) is 30.8 Å². The van der Waals surface area contributed by atoms with Gasteiger partial charge in [0.2, 0.25) is 5.95 Å². The van der Waals surface area contributed by atoms with Crippen LogP contribution in [-0.4, -0.2) is 33.3 Å². The van der Waals surface area contributed by atoms with Crippen molar-refractivity contribution in [3.8, 4) is 11.5 Å². The third-order valence-corrected chi connectivity index (χ3v) is 5.36. The van der Waals surface area contributed by atoms with Gasteiger partial charge in [-0.2, -0.15) is 10.1 Å². The van der Waals surface area contributed by atoms with Gasteiger partial charge in [0.15, 0.2) is 11.6 Å². The molecule has 31 heavy (non-hydrogen) atoms. The van der Waals surface area contributed by atoms with Gasteiger partial charge in [0, 0.05) is 29.1 Å². The van der Waals surface area contributed by atoms with Crippen molar-refractivity contribution in [1.29, 1.82) is 0 Å². The highest BCUT2D eigenvalue weighted by Crippen LogP contribution is 2.30. The van der Waals surface area contributed by atoms with Crippen LogP contribution in [0.4, 0.5) is 21.8 Å². The number of nitrogens with zero attached hydrogens (tertiary/aromatic N) is 3. The molecule has 0 atom stereocenters. The third kappa shape index (κ3) is 4.26. The number of anilines is 3. The van der Waals surface area contributed by atoms with E-state index in [0.29, 0.717) is 23.2 Å². The number of ether oxygens (including phenoxy) is 1. The van der Waals surface area contributed by atoms with Gasteiger partial charge >= 0.3 is 0 Å². The van der Waals surface area contributed by atoms with Gasteiger partial charge in [0.1, 0.15) is 11.6 Å². The SMILES string of the molecule is Nc1nc(Nc2ccc(Oc3ccc4[nH]ncc4c3)c(F)c2)cc(C2CCNCC2)n1. The van der Waals surface area contributed by atoms with E-state index < -0.39 is 5.82 Å². The van der Waals surface area contributed by atoms with Crippen LogP contribution in [0.5, 0.6) is 11.5 Å². The molecule has 158 valence electrons. The Morgan fingerprint density at radius 1 is 1.06 bits per heavy atom. The van der Waals surface area contributed by atoms with Crippen molar-refractivity contribution >= 4 is 28.4 Å². The quantitative estimate of drug-likeness (QED) is 0.385. The highest BCUT2D eigenvalue weighted by Gasteiger charge is 2.18. The molecule has 0 amide bonds. The number of rotatable bonds is 5. The van der Waals surface area contributed by atoms with Crippen LogP contribution in [0.15, 0.2) is 48.7 Å². The van der Waals surface area contributed by atoms with Crippen molar-refractivity contribution in [1.82, 2.24) is 25.5 Å². The lowest BCUT2D eigenvalue weighted by atomic mass is 9.94. The second-order valence-corrected chi connectivity index (χ2v) is 7.55. The van der Waals surface area contributed by atoms with Gasteiger partial charge in [-0.3, -0.25) is 5.10 Å². The minimum atomic E-state index is -0.488. The van der Waals surface area contributed by atoms with Crippen molar-refractivity contribution in [3.63, 3.8) is 0 Å². The predicted octanol–water partition coefficient (Wildman–Crippen LogP) is 4.08. The molecule has 4 aromatic rings. The number of nitrogens with one attached hydrogen (secondary N) is 3. The van der Waals surface area contributed by atoms with Crippen molar-refractivity contribution in [3.05, 3.63) is 60.2 Å². The fourth-order valence-corrected chi connectivity index (χ4v) is 3.80. The zero-order valence-electron chi connectivity index (χ0n) is 16.7. The molecule has 0 aliphatic carbocycles. The summed E-state index contributed by atoms with van der Waals surface area (Å²) < 4.78 is 20.4. The minimum absolute atomic E-state index is 0.131. The lowest BCUT2D eigenvalue weighted by Gasteiger charge is -2.22. The van der Waals surface area contributed by atoms with E-state index in [1.165, 1.54) is 6.07 Å². The van der Waals surface area contributed by atoms with Crippen LogP contribution in [0.3, 0.4) is 0 Å². The summed E-state index contributed by atoms with van der Waals surface area (Å²) >= 11 is 0. The van der Waals surface area contributed by atoms with E-state index in [4.69, 9.17) is 10.5 Å². The fraction of sp³-hybridized carbons (Fsp3) is 0.227. The van der Waals surface area contributed by atoms with Crippen LogP contribution in [-0.2, 0) is 0 Å². The Hall–Kier alpha value is -3.72. The van der Waals surface area contributed by atoms with Crippen LogP contribution >= 0.6 is 0 Å². The largest absolute Gasteiger partial charge is 0.454 e. The maximum atomic E-state index is 14.7. The Bertz CT molecular complexity index is 1220. The van der Waals surface area contributed by atoms with Crippen molar-refractivity contribution < 1.29 is 9.13 Å². The molecular weight excluding hydrogens is 397 g/mol. The molecule has 1 fully saturated rings. The molecule has 1 aliphatic rings. The first-order chi connectivity index (χ1) is 15.1. The molecule has 5 N–H and O–H groups in total. The van der Waals surface area contributed by atoms with Gasteiger partial charge in [-0.25, -0.2) is 9.37 Å². The standard InChI is InChI=1S/C22H22FN7O/c23-17-10-15(1-4-20(17)31-16-2-3-18-14(9-16)12-26-30-18)27-21-11-19(28-22(24)29-21)13-5-7-25-8-6-13/h1-4,9-13,25H,5-8H2,(H,26,30)(H3,24,27,28,29). The van der Waals surface area contributed by atoms with Crippen LogP contribution in [0, 0.1) is 5.82 Å². The molecular formula is C22H22FN7O. The van der Waals surface area contributed by atoms with Crippen LogP contribution in [0.2, 0.25) is 0 Å². The molecule has 0 spiro atoms. The van der Waals surface area contributed by atoms with Crippen molar-refractivity contribution in [2.75, 3.05) is 24.1 Å². The van der Waals surface area contributed by atoms with E-state index in [1.807, 2.05) is 12.1 Å². The number of fused-ring (bicyclic) bond motifs is 1. The van der Waals surface area contributed by atoms with Gasteiger partial charge in [0.25, 0.3) is 0 Å². The number of piperidine rings is 1. The van der Waals surface area contributed by atoms with E-state index >= 15 is 0 Å². The Labute approximate surface area is 178 Å². The molecule has 0 radical (unpaired) electrons. The summed E-state index contributed by atoms with van der Waals surface area (Å²) in [7, 11) is 0. The molecule has 2 aromatic heterocycles. The first-order valence-electron chi connectivity index (χ1n) is 10.2. The number of nitrogens with two attached hydrogens (primary N) is 1. The average Bonchev–Trinajstić information content (AvgIpc) is 3.24. The third-order valence-electron chi connectivity index (χ3n) is 5.36. The lowest BCUT2D eigenvalue weighted by molar-refractivity contribution is 0.443. The maximum Gasteiger partial charge on any atom is 0.222 e. The molecule has 0 saturated carbocycles. The summed E-state index contributed by atoms with van der Waals surface area (Å²) in [5.74, 6) is 1.26. The van der Waals surface area contributed by atoms with Crippen LogP contribution < -0.4 is 21.1 Å². The minimum Gasteiger partial charge on any atom is -0.454 e. The van der Waals surface area contributed by atoms with Gasteiger partial charge < -0.3 is 21.1 Å². The summed E-state index contributed by atoms with van der Waals surface area (Å²) in [5.41, 5.74) is 8.26. The van der Waals surface area contributed by atoms with Crippen molar-refractivity contribution in [2.24, 2.45) is 0 Å². The molecule has 2 aromatic carbocycles. The van der Waals surface area contributed by atoms with Gasteiger partial charge in [-0.05, 0) is 56.3 Å². The number of nitrogen functional groups attached to an aromatic ring is 1. The summed E-state index contributed by atoms with van der Waals surface area (Å²) in [6.45, 7) is 1.91. The smallest absolute Gasteiger partial charge is 0.222 e. The maximum absolute atomic E-state index is 14.7. The summed E-state index contributed by atoms with van der Waals surface area (Å²) in [5, 5.41) is 14.2. The molecule has 1 saturated heterocycles. The van der Waals surface area contributed by atoms with E-state index in [0.717, 1.165) is 42.5 Å². The summed E-state index contributed by atoms with van der Waals surface area (Å²) in [6, 6.07) is 12.0. The zero-order valence-corrected chi connectivity index (χ0v) is 16.7. The predicted molar refractivity (Wildman–Crippen MR) is 117 cm³/mol. The molecule has 0 unspecified atom stereocenters. The highest BCUT2D eigenvalue weighted by atomic mass is 19.1. The first kappa shape index (κ1) is 19.3. The number of aromatic amines is 1. The van der Waals surface area contributed by atoms with E-state index in [-0.39, 0.29) is 11.7 Å². The van der Waals surface area contributed by atoms with E-state index in [1.54, 1.807) is 30.5 Å². The summed E-state index contributed by atoms with van der Waals surface area (Å²) in [4.78, 5) is 8.64. The number of H-pyrrole nitrogens is 1. The number of halogens is 1. The monoisotopic (exact) mass is 419 g/mol. The molecule has 3 heterocycles. The Kier molecular flexibility index (Phi) is 5.09. The number of hydrogen-bond donors (Lipinski definition) is 4. The molecule has 0 bridgehead atoms. The Morgan fingerprint density at radius 3 is 2.77 bits per heavy atom. The molecule has 9 heteroatoms. The average molecular weight is 419 g/mol. The Balaban J connectivity index is 1.33.